The monoisotopic (exact) mass is 273 g/mol. The van der Waals surface area contributed by atoms with E-state index in [0.717, 1.165) is 50.1 Å². The number of aromatic nitrogens is 4. The highest BCUT2D eigenvalue weighted by Gasteiger charge is 2.43. The molecular formula is C14H19N5O. The van der Waals surface area contributed by atoms with Gasteiger partial charge in [0.25, 0.3) is 0 Å². The summed E-state index contributed by atoms with van der Waals surface area (Å²) in [5, 5.41) is 10.7. The number of anilines is 1. The van der Waals surface area contributed by atoms with Gasteiger partial charge in [0.1, 0.15) is 11.8 Å². The van der Waals surface area contributed by atoms with Gasteiger partial charge in [0, 0.05) is 19.0 Å². The Morgan fingerprint density at radius 2 is 2.20 bits per heavy atom. The normalized spacial score (nSPS) is 30.4. The van der Waals surface area contributed by atoms with Crippen molar-refractivity contribution in [1.82, 2.24) is 19.9 Å². The number of piperidine rings is 1. The Bertz CT molecular complexity index is 627. The van der Waals surface area contributed by atoms with Crippen LogP contribution in [0.5, 0.6) is 0 Å². The summed E-state index contributed by atoms with van der Waals surface area (Å²) in [5.74, 6) is 1.28. The van der Waals surface area contributed by atoms with E-state index in [1.54, 1.807) is 12.7 Å². The van der Waals surface area contributed by atoms with Crippen LogP contribution < -0.4 is 4.90 Å². The fraction of sp³-hybridized carbons (Fsp3) is 0.643. The predicted molar refractivity (Wildman–Crippen MR) is 75.4 cm³/mol. The van der Waals surface area contributed by atoms with E-state index in [9.17, 15) is 5.11 Å². The molecule has 1 saturated heterocycles. The molecule has 2 aromatic rings. The Hall–Kier alpha value is -1.69. The van der Waals surface area contributed by atoms with Gasteiger partial charge in [0.15, 0.2) is 11.5 Å². The summed E-state index contributed by atoms with van der Waals surface area (Å²) in [7, 11) is 0. The molecule has 2 atom stereocenters. The number of rotatable bonds is 1. The molecule has 0 radical (unpaired) electrons. The molecule has 0 bridgehead atoms. The lowest BCUT2D eigenvalue weighted by Gasteiger charge is -2.47. The lowest BCUT2D eigenvalue weighted by Crippen LogP contribution is -2.53. The van der Waals surface area contributed by atoms with E-state index in [0.29, 0.717) is 11.6 Å². The fourth-order valence-corrected chi connectivity index (χ4v) is 3.76. The number of aliphatic hydroxyl groups is 1. The zero-order valence-corrected chi connectivity index (χ0v) is 11.4. The standard InChI is InChI=1S/C14H19N5O/c20-14-4-2-1-3-10(14)7-19(6-5-14)13-11-12(16-8-15-11)17-9-18-13/h8-10,20H,1-7H2,(H,15,16,17,18). The molecule has 2 fully saturated rings. The van der Waals surface area contributed by atoms with Crippen molar-refractivity contribution in [1.29, 1.82) is 0 Å². The molecule has 106 valence electrons. The molecule has 1 aliphatic heterocycles. The Morgan fingerprint density at radius 1 is 1.25 bits per heavy atom. The molecule has 2 aromatic heterocycles. The van der Waals surface area contributed by atoms with Crippen molar-refractivity contribution in [3.8, 4) is 0 Å². The average Bonchev–Trinajstić information content (AvgIpc) is 2.94. The first-order valence-electron chi connectivity index (χ1n) is 7.38. The molecule has 2 N–H and O–H groups in total. The van der Waals surface area contributed by atoms with Crippen LogP contribution in [0.25, 0.3) is 11.2 Å². The highest BCUT2D eigenvalue weighted by molar-refractivity contribution is 5.82. The van der Waals surface area contributed by atoms with E-state index in [2.05, 4.69) is 24.8 Å². The van der Waals surface area contributed by atoms with Crippen LogP contribution in [0.3, 0.4) is 0 Å². The lowest BCUT2D eigenvalue weighted by molar-refractivity contribution is -0.0613. The molecule has 0 amide bonds. The van der Waals surface area contributed by atoms with Crippen LogP contribution in [0, 0.1) is 5.92 Å². The summed E-state index contributed by atoms with van der Waals surface area (Å²) in [5.41, 5.74) is 1.16. The molecule has 6 heteroatoms. The number of nitrogens with zero attached hydrogens (tertiary/aromatic N) is 4. The van der Waals surface area contributed by atoms with Crippen molar-refractivity contribution in [2.24, 2.45) is 5.92 Å². The first-order chi connectivity index (χ1) is 9.76. The van der Waals surface area contributed by atoms with Crippen molar-refractivity contribution in [3.63, 3.8) is 0 Å². The summed E-state index contributed by atoms with van der Waals surface area (Å²) < 4.78 is 0. The molecule has 1 aliphatic carbocycles. The Morgan fingerprint density at radius 3 is 3.15 bits per heavy atom. The third kappa shape index (κ3) is 1.78. The summed E-state index contributed by atoms with van der Waals surface area (Å²) in [4.78, 5) is 18.2. The van der Waals surface area contributed by atoms with Crippen molar-refractivity contribution in [2.75, 3.05) is 18.0 Å². The smallest absolute Gasteiger partial charge is 0.182 e. The minimum atomic E-state index is -0.450. The average molecular weight is 273 g/mol. The molecule has 3 heterocycles. The van der Waals surface area contributed by atoms with Gasteiger partial charge < -0.3 is 15.0 Å². The van der Waals surface area contributed by atoms with E-state index in [1.807, 2.05) is 0 Å². The van der Waals surface area contributed by atoms with E-state index in [4.69, 9.17) is 0 Å². The number of hydrogen-bond acceptors (Lipinski definition) is 5. The van der Waals surface area contributed by atoms with Crippen molar-refractivity contribution in [3.05, 3.63) is 12.7 Å². The SMILES string of the molecule is OC12CCCCC1CN(c1ncnc3nc[nH]c13)CC2. The van der Waals surface area contributed by atoms with Gasteiger partial charge in [-0.25, -0.2) is 15.0 Å². The maximum Gasteiger partial charge on any atom is 0.182 e. The molecule has 0 spiro atoms. The molecule has 4 rings (SSSR count). The second kappa shape index (κ2) is 4.41. The molecule has 20 heavy (non-hydrogen) atoms. The highest BCUT2D eigenvalue weighted by Crippen LogP contribution is 2.41. The van der Waals surface area contributed by atoms with Gasteiger partial charge >= 0.3 is 0 Å². The molecule has 0 aromatic carbocycles. The van der Waals surface area contributed by atoms with Crippen LogP contribution in [0.15, 0.2) is 12.7 Å². The number of nitrogens with one attached hydrogen (secondary N) is 1. The van der Waals surface area contributed by atoms with Gasteiger partial charge in [0.2, 0.25) is 0 Å². The van der Waals surface area contributed by atoms with Crippen LogP contribution in [0.1, 0.15) is 32.1 Å². The number of imidazole rings is 1. The predicted octanol–water partition coefficient (Wildman–Crippen LogP) is 1.48. The zero-order chi connectivity index (χ0) is 13.6. The van der Waals surface area contributed by atoms with Crippen molar-refractivity contribution < 1.29 is 5.11 Å². The second-order valence-electron chi connectivity index (χ2n) is 6.04. The van der Waals surface area contributed by atoms with Crippen LogP contribution in [0.4, 0.5) is 5.82 Å². The van der Waals surface area contributed by atoms with Crippen molar-refractivity contribution >= 4 is 17.0 Å². The first-order valence-corrected chi connectivity index (χ1v) is 7.38. The summed E-state index contributed by atoms with van der Waals surface area (Å²) >= 11 is 0. The van der Waals surface area contributed by atoms with Gasteiger partial charge in [-0.1, -0.05) is 12.8 Å². The van der Waals surface area contributed by atoms with Gasteiger partial charge in [-0.2, -0.15) is 0 Å². The summed E-state index contributed by atoms with van der Waals surface area (Å²) in [6.45, 7) is 1.72. The Kier molecular flexibility index (Phi) is 2.66. The molecule has 1 saturated carbocycles. The van der Waals surface area contributed by atoms with Gasteiger partial charge in [-0.05, 0) is 19.3 Å². The number of fused-ring (bicyclic) bond motifs is 2. The maximum absolute atomic E-state index is 10.7. The fourth-order valence-electron chi connectivity index (χ4n) is 3.76. The van der Waals surface area contributed by atoms with Crippen LogP contribution in [-0.4, -0.2) is 43.7 Å². The second-order valence-corrected chi connectivity index (χ2v) is 6.04. The van der Waals surface area contributed by atoms with Crippen molar-refractivity contribution in [2.45, 2.75) is 37.7 Å². The number of H-pyrrole nitrogens is 1. The topological polar surface area (TPSA) is 77.9 Å². The molecule has 6 nitrogen and oxygen atoms in total. The first kappa shape index (κ1) is 12.1. The number of aromatic amines is 1. The minimum Gasteiger partial charge on any atom is -0.389 e. The Labute approximate surface area is 117 Å². The lowest BCUT2D eigenvalue weighted by atomic mass is 9.71. The quantitative estimate of drug-likeness (QED) is 0.823. The third-order valence-corrected chi connectivity index (χ3v) is 4.93. The molecule has 2 aliphatic rings. The van der Waals surface area contributed by atoms with Crippen LogP contribution >= 0.6 is 0 Å². The maximum atomic E-state index is 10.7. The molecule has 2 unspecified atom stereocenters. The van der Waals surface area contributed by atoms with E-state index < -0.39 is 5.60 Å². The highest BCUT2D eigenvalue weighted by atomic mass is 16.3. The van der Waals surface area contributed by atoms with Gasteiger partial charge in [-0.3, -0.25) is 0 Å². The van der Waals surface area contributed by atoms with Crippen LogP contribution in [0.2, 0.25) is 0 Å². The van der Waals surface area contributed by atoms with E-state index >= 15 is 0 Å². The summed E-state index contributed by atoms with van der Waals surface area (Å²) in [6, 6.07) is 0. The third-order valence-electron chi connectivity index (χ3n) is 4.93. The summed E-state index contributed by atoms with van der Waals surface area (Å²) in [6.07, 6.45) is 8.51. The van der Waals surface area contributed by atoms with Gasteiger partial charge in [0.05, 0.1) is 11.9 Å². The van der Waals surface area contributed by atoms with E-state index in [-0.39, 0.29) is 0 Å². The van der Waals surface area contributed by atoms with Gasteiger partial charge in [-0.15, -0.1) is 0 Å². The van der Waals surface area contributed by atoms with E-state index in [1.165, 1.54) is 6.42 Å². The Balaban J connectivity index is 1.65. The van der Waals surface area contributed by atoms with Crippen LogP contribution in [-0.2, 0) is 0 Å². The molecular weight excluding hydrogens is 254 g/mol. The largest absolute Gasteiger partial charge is 0.389 e. The zero-order valence-electron chi connectivity index (χ0n) is 11.4. The number of hydrogen-bond donors (Lipinski definition) is 2. The minimum absolute atomic E-state index is 0.359.